The maximum atomic E-state index is 12.8. The Morgan fingerprint density at radius 1 is 1.21 bits per heavy atom. The number of ether oxygens (including phenoxy) is 1. The van der Waals surface area contributed by atoms with Crippen LogP contribution >= 0.6 is 11.3 Å². The lowest BCUT2D eigenvalue weighted by Gasteiger charge is -2.13. The van der Waals surface area contributed by atoms with Gasteiger partial charge in [-0.05, 0) is 35.7 Å². The molecule has 1 heterocycles. The molecule has 0 aliphatic carbocycles. The van der Waals surface area contributed by atoms with Gasteiger partial charge in [-0.2, -0.15) is 0 Å². The largest absolute Gasteiger partial charge is 0.492 e. The highest BCUT2D eigenvalue weighted by atomic mass is 32.1. The number of halogens is 1. The van der Waals surface area contributed by atoms with E-state index in [9.17, 15) is 14.0 Å². The summed E-state index contributed by atoms with van der Waals surface area (Å²) in [5.41, 5.74) is 0. The second kappa shape index (κ2) is 9.02. The SMILES string of the molecule is O=C(O)C[C@@H](CC(=O)NCCOc1ccc(F)cc1)c1cccs1. The maximum absolute atomic E-state index is 12.8. The van der Waals surface area contributed by atoms with Crippen molar-refractivity contribution in [3.8, 4) is 5.75 Å². The van der Waals surface area contributed by atoms with Gasteiger partial charge in [-0.1, -0.05) is 6.07 Å². The van der Waals surface area contributed by atoms with Crippen LogP contribution < -0.4 is 10.1 Å². The van der Waals surface area contributed by atoms with E-state index in [1.807, 2.05) is 17.5 Å². The summed E-state index contributed by atoms with van der Waals surface area (Å²) >= 11 is 1.44. The first-order valence-electron chi connectivity index (χ1n) is 7.45. The van der Waals surface area contributed by atoms with E-state index in [4.69, 9.17) is 9.84 Å². The highest BCUT2D eigenvalue weighted by molar-refractivity contribution is 7.10. The summed E-state index contributed by atoms with van der Waals surface area (Å²) in [6.07, 6.45) is 0.0311. The average Bonchev–Trinajstić information content (AvgIpc) is 3.06. The average molecular weight is 351 g/mol. The van der Waals surface area contributed by atoms with Crippen LogP contribution in [0.1, 0.15) is 23.6 Å². The zero-order valence-corrected chi connectivity index (χ0v) is 13.7. The van der Waals surface area contributed by atoms with Crippen molar-refractivity contribution in [1.29, 1.82) is 0 Å². The molecule has 0 saturated heterocycles. The van der Waals surface area contributed by atoms with Crippen molar-refractivity contribution < 1.29 is 23.8 Å². The smallest absolute Gasteiger partial charge is 0.304 e. The topological polar surface area (TPSA) is 75.6 Å². The molecule has 1 aromatic carbocycles. The number of carbonyl (C=O) groups excluding carboxylic acids is 1. The number of amides is 1. The molecule has 1 aromatic heterocycles. The predicted molar refractivity (Wildman–Crippen MR) is 88.8 cm³/mol. The van der Waals surface area contributed by atoms with Crippen LogP contribution in [-0.2, 0) is 9.59 Å². The summed E-state index contributed by atoms with van der Waals surface area (Å²) in [6, 6.07) is 9.29. The van der Waals surface area contributed by atoms with E-state index in [-0.39, 0.29) is 37.1 Å². The van der Waals surface area contributed by atoms with Gasteiger partial charge in [0.2, 0.25) is 5.91 Å². The van der Waals surface area contributed by atoms with Gasteiger partial charge in [-0.15, -0.1) is 11.3 Å². The van der Waals surface area contributed by atoms with Crippen LogP contribution in [0.2, 0.25) is 0 Å². The normalized spacial score (nSPS) is 11.7. The molecule has 2 aromatic rings. The third-order valence-electron chi connectivity index (χ3n) is 3.30. The first kappa shape index (κ1) is 17.9. The second-order valence-electron chi connectivity index (χ2n) is 5.17. The lowest BCUT2D eigenvalue weighted by atomic mass is 9.99. The van der Waals surface area contributed by atoms with Crippen LogP contribution in [0.25, 0.3) is 0 Å². The van der Waals surface area contributed by atoms with E-state index >= 15 is 0 Å². The molecule has 0 bridgehead atoms. The molecule has 0 radical (unpaired) electrons. The number of carboxylic acids is 1. The number of nitrogens with one attached hydrogen (secondary N) is 1. The fourth-order valence-electron chi connectivity index (χ4n) is 2.19. The molecule has 0 saturated carbocycles. The van der Waals surface area contributed by atoms with Crippen LogP contribution in [-0.4, -0.2) is 30.1 Å². The summed E-state index contributed by atoms with van der Waals surface area (Å²) in [5, 5.41) is 13.5. The molecule has 7 heteroatoms. The molecular formula is C17H18FNO4S. The van der Waals surface area contributed by atoms with Crippen molar-refractivity contribution in [3.05, 3.63) is 52.5 Å². The van der Waals surface area contributed by atoms with Gasteiger partial charge in [0.15, 0.2) is 0 Å². The Bertz CT molecular complexity index is 658. The predicted octanol–water partition coefficient (Wildman–Crippen LogP) is 3.03. The summed E-state index contributed by atoms with van der Waals surface area (Å²) < 4.78 is 18.1. The summed E-state index contributed by atoms with van der Waals surface area (Å²) in [5.74, 6) is -1.31. The van der Waals surface area contributed by atoms with Gasteiger partial charge in [-0.3, -0.25) is 9.59 Å². The first-order chi connectivity index (χ1) is 11.5. The Morgan fingerprint density at radius 2 is 1.96 bits per heavy atom. The van der Waals surface area contributed by atoms with Gasteiger partial charge in [-0.25, -0.2) is 4.39 Å². The summed E-state index contributed by atoms with van der Waals surface area (Å²) in [7, 11) is 0. The minimum atomic E-state index is -0.930. The van der Waals surface area contributed by atoms with Gasteiger partial charge in [0.1, 0.15) is 18.2 Å². The van der Waals surface area contributed by atoms with Crippen molar-refractivity contribution in [2.75, 3.05) is 13.2 Å². The number of hydrogen-bond donors (Lipinski definition) is 2. The van der Waals surface area contributed by atoms with E-state index in [0.29, 0.717) is 12.3 Å². The van der Waals surface area contributed by atoms with E-state index in [1.165, 1.54) is 35.6 Å². The molecule has 0 spiro atoms. The quantitative estimate of drug-likeness (QED) is 0.681. The molecule has 0 aliphatic heterocycles. The van der Waals surface area contributed by atoms with Crippen molar-refractivity contribution >= 4 is 23.2 Å². The number of carbonyl (C=O) groups is 2. The highest BCUT2D eigenvalue weighted by Crippen LogP contribution is 2.27. The van der Waals surface area contributed by atoms with Gasteiger partial charge in [0, 0.05) is 17.2 Å². The van der Waals surface area contributed by atoms with Gasteiger partial charge in [0.05, 0.1) is 13.0 Å². The lowest BCUT2D eigenvalue weighted by Crippen LogP contribution is -2.29. The minimum Gasteiger partial charge on any atom is -0.492 e. The molecule has 2 N–H and O–H groups in total. The van der Waals surface area contributed by atoms with Gasteiger partial charge >= 0.3 is 5.97 Å². The standard InChI is InChI=1S/C17H18FNO4S/c18-13-3-5-14(6-4-13)23-8-7-19-16(20)10-12(11-17(21)22)15-2-1-9-24-15/h1-6,9,12H,7-8,10-11H2,(H,19,20)(H,21,22)/t12-/m1/s1. The third kappa shape index (κ3) is 6.00. The number of rotatable bonds is 9. The fraction of sp³-hybridized carbons (Fsp3) is 0.294. The van der Waals surface area contributed by atoms with Crippen LogP contribution in [0.15, 0.2) is 41.8 Å². The Balaban J connectivity index is 1.74. The molecule has 2 rings (SSSR count). The second-order valence-corrected chi connectivity index (χ2v) is 6.15. The van der Waals surface area contributed by atoms with E-state index in [2.05, 4.69) is 5.32 Å². The van der Waals surface area contributed by atoms with E-state index < -0.39 is 5.97 Å². The highest BCUT2D eigenvalue weighted by Gasteiger charge is 2.20. The van der Waals surface area contributed by atoms with Crippen LogP contribution in [0.5, 0.6) is 5.75 Å². The van der Waals surface area contributed by atoms with Crippen molar-refractivity contribution in [3.63, 3.8) is 0 Å². The number of hydrogen-bond acceptors (Lipinski definition) is 4. The van der Waals surface area contributed by atoms with Crippen LogP contribution in [0.4, 0.5) is 4.39 Å². The zero-order valence-electron chi connectivity index (χ0n) is 12.9. The van der Waals surface area contributed by atoms with Gasteiger partial charge in [0.25, 0.3) is 0 Å². The first-order valence-corrected chi connectivity index (χ1v) is 8.33. The molecule has 5 nitrogen and oxygen atoms in total. The Morgan fingerprint density at radius 3 is 2.58 bits per heavy atom. The van der Waals surface area contributed by atoms with Crippen molar-refractivity contribution in [2.45, 2.75) is 18.8 Å². The van der Waals surface area contributed by atoms with E-state index in [0.717, 1.165) is 4.88 Å². The number of carboxylic acid groups (broad SMARTS) is 1. The minimum absolute atomic E-state index is 0.0833. The number of aliphatic carboxylic acids is 1. The third-order valence-corrected chi connectivity index (χ3v) is 4.34. The number of benzene rings is 1. The van der Waals surface area contributed by atoms with Crippen molar-refractivity contribution in [2.24, 2.45) is 0 Å². The van der Waals surface area contributed by atoms with Crippen LogP contribution in [0.3, 0.4) is 0 Å². The molecule has 128 valence electrons. The lowest BCUT2D eigenvalue weighted by molar-refractivity contribution is -0.137. The summed E-state index contributed by atoms with van der Waals surface area (Å²) in [4.78, 5) is 23.8. The monoisotopic (exact) mass is 351 g/mol. The Hall–Kier alpha value is -2.41. The Labute approximate surface area is 143 Å². The molecule has 24 heavy (non-hydrogen) atoms. The molecule has 1 atom stereocenters. The molecule has 0 fully saturated rings. The van der Waals surface area contributed by atoms with Crippen LogP contribution in [0, 0.1) is 5.82 Å². The van der Waals surface area contributed by atoms with Gasteiger partial charge < -0.3 is 15.2 Å². The molecule has 0 unspecified atom stereocenters. The fourth-order valence-corrected chi connectivity index (χ4v) is 3.02. The Kier molecular flexibility index (Phi) is 6.74. The summed E-state index contributed by atoms with van der Waals surface area (Å²) in [6.45, 7) is 0.542. The van der Waals surface area contributed by atoms with Crippen molar-refractivity contribution in [1.82, 2.24) is 5.32 Å². The molecule has 0 aliphatic rings. The number of thiophene rings is 1. The van der Waals surface area contributed by atoms with E-state index in [1.54, 1.807) is 0 Å². The maximum Gasteiger partial charge on any atom is 0.304 e. The molecular weight excluding hydrogens is 333 g/mol. The molecule has 1 amide bonds. The zero-order chi connectivity index (χ0) is 17.4.